The predicted molar refractivity (Wildman–Crippen MR) is 60.8 cm³/mol. The minimum atomic E-state index is -0.549. The van der Waals surface area contributed by atoms with Crippen LogP contribution >= 0.6 is 15.9 Å². The Morgan fingerprint density at radius 3 is 2.53 bits per heavy atom. The fraction of sp³-hybridized carbons (Fsp3) is 0.455. The molecule has 1 N–H and O–H groups in total. The summed E-state index contributed by atoms with van der Waals surface area (Å²) in [6, 6.07) is 2.95. The van der Waals surface area contributed by atoms with Crippen LogP contribution < -0.4 is 4.74 Å². The summed E-state index contributed by atoms with van der Waals surface area (Å²) in [6.07, 6.45) is 0. The first-order valence-electron chi connectivity index (χ1n) is 4.57. The lowest BCUT2D eigenvalue weighted by Gasteiger charge is -2.26. The Labute approximate surface area is 97.2 Å². The van der Waals surface area contributed by atoms with Gasteiger partial charge in [0.1, 0.15) is 0 Å². The number of aliphatic hydroxyl groups excluding tert-OH is 1. The van der Waals surface area contributed by atoms with Crippen molar-refractivity contribution in [2.45, 2.75) is 19.3 Å². The number of methoxy groups -OCH3 is 1. The Balaban J connectivity index is 3.44. The van der Waals surface area contributed by atoms with Crippen molar-refractivity contribution in [3.05, 3.63) is 28.0 Å². The lowest BCUT2D eigenvalue weighted by molar-refractivity contribution is 0.213. The zero-order chi connectivity index (χ0) is 11.6. The Kier molecular flexibility index (Phi) is 3.73. The van der Waals surface area contributed by atoms with Crippen LogP contribution in [0.25, 0.3) is 0 Å². The maximum absolute atomic E-state index is 13.5. The molecule has 1 aromatic carbocycles. The summed E-state index contributed by atoms with van der Waals surface area (Å²) < 4.78 is 19.2. The highest BCUT2D eigenvalue weighted by molar-refractivity contribution is 9.10. The number of ether oxygens (including phenoxy) is 1. The molecule has 1 rings (SSSR count). The molecule has 0 atom stereocenters. The van der Waals surface area contributed by atoms with Crippen molar-refractivity contribution in [2.75, 3.05) is 13.7 Å². The summed E-state index contributed by atoms with van der Waals surface area (Å²) in [5, 5.41) is 9.28. The molecule has 0 heterocycles. The van der Waals surface area contributed by atoms with Gasteiger partial charge >= 0.3 is 0 Å². The van der Waals surface area contributed by atoms with Gasteiger partial charge in [0.25, 0.3) is 0 Å². The van der Waals surface area contributed by atoms with Crippen molar-refractivity contribution < 1.29 is 14.2 Å². The van der Waals surface area contributed by atoms with Gasteiger partial charge in [-0.15, -0.1) is 0 Å². The summed E-state index contributed by atoms with van der Waals surface area (Å²) in [6.45, 7) is 3.58. The van der Waals surface area contributed by atoms with Gasteiger partial charge in [0.05, 0.1) is 13.7 Å². The largest absolute Gasteiger partial charge is 0.493 e. The van der Waals surface area contributed by atoms with Crippen molar-refractivity contribution in [2.24, 2.45) is 0 Å². The Morgan fingerprint density at radius 1 is 1.47 bits per heavy atom. The van der Waals surface area contributed by atoms with Crippen LogP contribution in [0.4, 0.5) is 4.39 Å². The Bertz CT molecular complexity index is 364. The molecule has 0 aromatic heterocycles. The molecule has 0 fully saturated rings. The summed E-state index contributed by atoms with van der Waals surface area (Å²) in [5.74, 6) is -0.236. The van der Waals surface area contributed by atoms with Gasteiger partial charge < -0.3 is 9.84 Å². The summed E-state index contributed by atoms with van der Waals surface area (Å²) in [5.41, 5.74) is 0.0965. The van der Waals surface area contributed by atoms with Crippen LogP contribution in [0, 0.1) is 5.82 Å². The molecule has 0 aliphatic carbocycles. The normalized spacial score (nSPS) is 11.6. The third-order valence-corrected chi connectivity index (χ3v) is 3.00. The molecular weight excluding hydrogens is 263 g/mol. The fourth-order valence-corrected chi connectivity index (χ4v) is 2.29. The number of halogens is 2. The van der Waals surface area contributed by atoms with Gasteiger partial charge in [-0.1, -0.05) is 29.8 Å². The van der Waals surface area contributed by atoms with E-state index < -0.39 is 11.2 Å². The van der Waals surface area contributed by atoms with E-state index in [2.05, 4.69) is 15.9 Å². The molecule has 4 heteroatoms. The predicted octanol–water partition coefficient (Wildman–Crippen LogP) is 2.87. The second-order valence-corrected chi connectivity index (χ2v) is 4.83. The monoisotopic (exact) mass is 276 g/mol. The lowest BCUT2D eigenvalue weighted by Crippen LogP contribution is -2.24. The van der Waals surface area contributed by atoms with Gasteiger partial charge in [-0.05, 0) is 12.1 Å². The Morgan fingerprint density at radius 2 is 2.07 bits per heavy atom. The lowest BCUT2D eigenvalue weighted by atomic mass is 9.85. The van der Waals surface area contributed by atoms with Crippen LogP contribution in [0.2, 0.25) is 0 Å². The van der Waals surface area contributed by atoms with Gasteiger partial charge in [0.2, 0.25) is 0 Å². The highest BCUT2D eigenvalue weighted by Gasteiger charge is 2.28. The average Bonchev–Trinajstić information content (AvgIpc) is 2.20. The summed E-state index contributed by atoms with van der Waals surface area (Å²) >= 11 is 3.34. The van der Waals surface area contributed by atoms with E-state index in [-0.39, 0.29) is 12.4 Å². The van der Waals surface area contributed by atoms with E-state index >= 15 is 0 Å². The summed E-state index contributed by atoms with van der Waals surface area (Å²) in [4.78, 5) is 0. The van der Waals surface area contributed by atoms with E-state index in [1.165, 1.54) is 13.2 Å². The van der Waals surface area contributed by atoms with E-state index in [0.29, 0.717) is 5.56 Å². The zero-order valence-corrected chi connectivity index (χ0v) is 10.6. The van der Waals surface area contributed by atoms with Crippen LogP contribution in [0.15, 0.2) is 16.6 Å². The minimum Gasteiger partial charge on any atom is -0.493 e. The van der Waals surface area contributed by atoms with Crippen LogP contribution in [-0.2, 0) is 5.41 Å². The standard InChI is InChI=1S/C11H14BrFO2/c1-11(2,6-14)9-7(12)4-5-8(13)10(9)15-3/h4-5,14H,6H2,1-3H3. The van der Waals surface area contributed by atoms with Crippen LogP contribution in [0.1, 0.15) is 19.4 Å². The second kappa shape index (κ2) is 4.49. The molecular formula is C11H14BrFO2. The summed E-state index contributed by atoms with van der Waals surface area (Å²) in [7, 11) is 1.42. The number of benzene rings is 1. The molecule has 15 heavy (non-hydrogen) atoms. The maximum Gasteiger partial charge on any atom is 0.165 e. The van der Waals surface area contributed by atoms with Crippen LogP contribution in [-0.4, -0.2) is 18.8 Å². The van der Waals surface area contributed by atoms with E-state index in [4.69, 9.17) is 4.74 Å². The van der Waals surface area contributed by atoms with E-state index in [0.717, 1.165) is 4.47 Å². The molecule has 0 aliphatic heterocycles. The first kappa shape index (κ1) is 12.5. The maximum atomic E-state index is 13.5. The molecule has 0 bridgehead atoms. The number of hydrogen-bond donors (Lipinski definition) is 1. The topological polar surface area (TPSA) is 29.5 Å². The van der Waals surface area contributed by atoms with Gasteiger partial charge in [0, 0.05) is 15.5 Å². The first-order valence-corrected chi connectivity index (χ1v) is 5.36. The molecule has 2 nitrogen and oxygen atoms in total. The van der Waals surface area contributed by atoms with E-state index in [1.807, 2.05) is 13.8 Å². The molecule has 0 amide bonds. The van der Waals surface area contributed by atoms with Crippen molar-refractivity contribution in [3.8, 4) is 5.75 Å². The number of rotatable bonds is 3. The van der Waals surface area contributed by atoms with E-state index in [9.17, 15) is 9.50 Å². The quantitative estimate of drug-likeness (QED) is 0.920. The molecule has 0 spiro atoms. The minimum absolute atomic E-state index is 0.0780. The molecule has 0 saturated carbocycles. The van der Waals surface area contributed by atoms with Gasteiger partial charge in [0.15, 0.2) is 11.6 Å². The van der Waals surface area contributed by atoms with E-state index in [1.54, 1.807) is 6.07 Å². The average molecular weight is 277 g/mol. The van der Waals surface area contributed by atoms with Gasteiger partial charge in [-0.2, -0.15) is 0 Å². The van der Waals surface area contributed by atoms with Crippen LogP contribution in [0.3, 0.4) is 0 Å². The van der Waals surface area contributed by atoms with Crippen molar-refractivity contribution >= 4 is 15.9 Å². The van der Waals surface area contributed by atoms with Gasteiger partial charge in [-0.25, -0.2) is 4.39 Å². The highest BCUT2D eigenvalue weighted by Crippen LogP contribution is 2.38. The number of hydrogen-bond acceptors (Lipinski definition) is 2. The molecule has 1 aromatic rings. The van der Waals surface area contributed by atoms with Gasteiger partial charge in [-0.3, -0.25) is 0 Å². The SMILES string of the molecule is COc1c(F)ccc(Br)c1C(C)(C)CO. The molecule has 84 valence electrons. The van der Waals surface area contributed by atoms with Crippen molar-refractivity contribution in [3.63, 3.8) is 0 Å². The molecule has 0 radical (unpaired) electrons. The highest BCUT2D eigenvalue weighted by atomic mass is 79.9. The first-order chi connectivity index (χ1) is 6.94. The van der Waals surface area contributed by atoms with Crippen molar-refractivity contribution in [1.29, 1.82) is 0 Å². The smallest absolute Gasteiger partial charge is 0.165 e. The molecule has 0 aliphatic rings. The van der Waals surface area contributed by atoms with Crippen molar-refractivity contribution in [1.82, 2.24) is 0 Å². The Hall–Kier alpha value is -0.610. The second-order valence-electron chi connectivity index (χ2n) is 3.98. The third kappa shape index (κ3) is 2.32. The molecule has 0 unspecified atom stereocenters. The molecule has 0 saturated heterocycles. The zero-order valence-electron chi connectivity index (χ0n) is 8.97. The third-order valence-electron chi connectivity index (χ3n) is 2.33. The number of aliphatic hydroxyl groups is 1. The fourth-order valence-electron chi connectivity index (χ4n) is 1.44. The van der Waals surface area contributed by atoms with Crippen LogP contribution in [0.5, 0.6) is 5.75 Å².